The lowest BCUT2D eigenvalue weighted by Crippen LogP contribution is -2.11. The van der Waals surface area contributed by atoms with E-state index in [4.69, 9.17) is 10.5 Å². The van der Waals surface area contributed by atoms with Crippen molar-refractivity contribution >= 4 is 22.1 Å². The van der Waals surface area contributed by atoms with Gasteiger partial charge in [0.25, 0.3) is 4.96 Å². The fourth-order valence-corrected chi connectivity index (χ4v) is 1.87. The van der Waals surface area contributed by atoms with Crippen LogP contribution >= 0.6 is 11.3 Å². The van der Waals surface area contributed by atoms with Crippen LogP contribution in [-0.2, 0) is 0 Å². The van der Waals surface area contributed by atoms with Gasteiger partial charge in [-0.2, -0.15) is 9.38 Å². The van der Waals surface area contributed by atoms with Crippen LogP contribution in [0, 0.1) is 10.1 Å². The van der Waals surface area contributed by atoms with Gasteiger partial charge in [0.15, 0.2) is 0 Å². The van der Waals surface area contributed by atoms with Crippen LogP contribution in [0.5, 0.6) is 5.88 Å². The van der Waals surface area contributed by atoms with Crippen molar-refractivity contribution in [3.8, 4) is 5.88 Å². The summed E-state index contributed by atoms with van der Waals surface area (Å²) in [7, 11) is 0. The predicted octanol–water partition coefficient (Wildman–Crippen LogP) is 0.641. The molecule has 2 N–H and O–H groups in total. The van der Waals surface area contributed by atoms with Crippen molar-refractivity contribution in [1.82, 2.24) is 9.38 Å². The summed E-state index contributed by atoms with van der Waals surface area (Å²) in [5.41, 5.74) is 5.25. The van der Waals surface area contributed by atoms with E-state index in [1.165, 1.54) is 15.7 Å². The minimum Gasteiger partial charge on any atom is -0.470 e. The van der Waals surface area contributed by atoms with E-state index in [9.17, 15) is 10.1 Å². The highest BCUT2D eigenvalue weighted by atomic mass is 32.1. The molecule has 0 spiro atoms. The maximum atomic E-state index is 10.8. The van der Waals surface area contributed by atoms with Gasteiger partial charge in [0.05, 0.1) is 0 Å². The summed E-state index contributed by atoms with van der Waals surface area (Å²) in [5, 5.41) is 12.5. The van der Waals surface area contributed by atoms with Crippen LogP contribution in [0.1, 0.15) is 0 Å². The molecule has 8 heteroatoms. The summed E-state index contributed by atoms with van der Waals surface area (Å²) >= 11 is 1.31. The third kappa shape index (κ3) is 1.64. The van der Waals surface area contributed by atoms with Gasteiger partial charge < -0.3 is 20.6 Å². The number of nitrogens with two attached hydrogens (primary N) is 1. The first-order valence-electron chi connectivity index (χ1n) is 4.17. The smallest absolute Gasteiger partial charge is 0.393 e. The van der Waals surface area contributed by atoms with Crippen LogP contribution in [0.25, 0.3) is 4.96 Å². The number of nitrogens with zero attached hydrogens (tertiary/aromatic N) is 3. The van der Waals surface area contributed by atoms with E-state index in [0.29, 0.717) is 11.5 Å². The number of fused-ring (bicyclic) bond motifs is 1. The maximum absolute atomic E-state index is 10.8. The van der Waals surface area contributed by atoms with Crippen molar-refractivity contribution in [3.05, 3.63) is 21.7 Å². The Bertz CT molecular complexity index is 491. The number of rotatable bonds is 4. The zero-order valence-electron chi connectivity index (χ0n) is 7.62. The molecule has 0 bridgehead atoms. The Labute approximate surface area is 88.2 Å². The average molecular weight is 228 g/mol. The highest BCUT2D eigenvalue weighted by Gasteiger charge is 2.24. The quantitative estimate of drug-likeness (QED) is 0.612. The molecule has 0 saturated heterocycles. The van der Waals surface area contributed by atoms with E-state index in [0.717, 1.165) is 0 Å². The van der Waals surface area contributed by atoms with Crippen molar-refractivity contribution in [1.29, 1.82) is 0 Å². The number of nitro groups is 1. The van der Waals surface area contributed by atoms with Crippen LogP contribution in [0.4, 0.5) is 5.82 Å². The van der Waals surface area contributed by atoms with Crippen molar-refractivity contribution in [3.63, 3.8) is 0 Å². The minimum atomic E-state index is -0.515. The number of thiazole rings is 1. The molecule has 0 unspecified atom stereocenters. The Morgan fingerprint density at radius 1 is 1.73 bits per heavy atom. The molecular formula is C7H8N4O3S. The standard InChI is InChI=1S/C7H8N4O3S/c8-1-3-14-5-6(11(12)13)10-2-4-15-7(10)9-5/h2,4H,1,3,8H2. The molecule has 0 aliphatic carbocycles. The zero-order valence-corrected chi connectivity index (χ0v) is 8.44. The lowest BCUT2D eigenvalue weighted by Gasteiger charge is -1.99. The summed E-state index contributed by atoms with van der Waals surface area (Å²) in [4.78, 5) is 14.8. The monoisotopic (exact) mass is 228 g/mol. The molecular weight excluding hydrogens is 220 g/mol. The van der Waals surface area contributed by atoms with E-state index in [-0.39, 0.29) is 18.3 Å². The largest absolute Gasteiger partial charge is 0.470 e. The van der Waals surface area contributed by atoms with Crippen molar-refractivity contribution in [2.45, 2.75) is 0 Å². The highest BCUT2D eigenvalue weighted by molar-refractivity contribution is 7.15. The molecule has 0 amide bonds. The summed E-state index contributed by atoms with van der Waals surface area (Å²) in [6.07, 6.45) is 1.58. The molecule has 2 heterocycles. The molecule has 0 aromatic carbocycles. The first-order chi connectivity index (χ1) is 7.24. The Morgan fingerprint density at radius 3 is 3.20 bits per heavy atom. The molecule has 0 fully saturated rings. The van der Waals surface area contributed by atoms with Gasteiger partial charge >= 0.3 is 11.7 Å². The second-order valence-corrected chi connectivity index (χ2v) is 3.56. The predicted molar refractivity (Wildman–Crippen MR) is 54.3 cm³/mol. The lowest BCUT2D eigenvalue weighted by atomic mass is 10.6. The molecule has 2 aromatic heterocycles. The van der Waals surface area contributed by atoms with Crippen molar-refractivity contribution in [2.24, 2.45) is 5.73 Å². The van der Waals surface area contributed by atoms with Gasteiger partial charge in [-0.15, -0.1) is 0 Å². The lowest BCUT2D eigenvalue weighted by molar-refractivity contribution is -0.391. The Kier molecular flexibility index (Phi) is 2.52. The number of hydrogen-bond acceptors (Lipinski definition) is 6. The number of hydrogen-bond donors (Lipinski definition) is 1. The van der Waals surface area contributed by atoms with Crippen LogP contribution in [0.2, 0.25) is 0 Å². The van der Waals surface area contributed by atoms with Gasteiger partial charge in [-0.05, 0) is 4.92 Å². The fraction of sp³-hybridized carbons (Fsp3) is 0.286. The molecule has 0 aliphatic rings. The average Bonchev–Trinajstić information content (AvgIpc) is 2.72. The maximum Gasteiger partial charge on any atom is 0.393 e. The summed E-state index contributed by atoms with van der Waals surface area (Å²) in [5.74, 6) is -0.128. The van der Waals surface area contributed by atoms with Crippen LogP contribution in [0.15, 0.2) is 11.6 Å². The molecule has 0 atom stereocenters. The summed E-state index contributed by atoms with van der Waals surface area (Å²) < 4.78 is 6.48. The highest BCUT2D eigenvalue weighted by Crippen LogP contribution is 2.29. The molecule has 80 valence electrons. The van der Waals surface area contributed by atoms with E-state index in [2.05, 4.69) is 4.98 Å². The van der Waals surface area contributed by atoms with Gasteiger partial charge in [0.2, 0.25) is 0 Å². The Morgan fingerprint density at radius 2 is 2.53 bits per heavy atom. The van der Waals surface area contributed by atoms with Gasteiger partial charge in [-0.3, -0.25) is 0 Å². The van der Waals surface area contributed by atoms with E-state index in [1.807, 2.05) is 0 Å². The molecule has 0 saturated carbocycles. The number of ether oxygens (including phenoxy) is 1. The number of imidazole rings is 1. The zero-order chi connectivity index (χ0) is 10.8. The third-order valence-electron chi connectivity index (χ3n) is 1.74. The fourth-order valence-electron chi connectivity index (χ4n) is 1.17. The second kappa shape index (κ2) is 3.83. The first kappa shape index (κ1) is 9.87. The first-order valence-corrected chi connectivity index (χ1v) is 5.05. The summed E-state index contributed by atoms with van der Waals surface area (Å²) in [6.45, 7) is 0.508. The van der Waals surface area contributed by atoms with Gasteiger partial charge in [0.1, 0.15) is 12.8 Å². The van der Waals surface area contributed by atoms with Gasteiger partial charge in [0, 0.05) is 11.9 Å². The number of aromatic nitrogens is 2. The van der Waals surface area contributed by atoms with Crippen LogP contribution in [0.3, 0.4) is 0 Å². The minimum absolute atomic E-state index is 0.0253. The normalized spacial score (nSPS) is 10.7. The molecule has 0 aliphatic heterocycles. The van der Waals surface area contributed by atoms with Gasteiger partial charge in [-0.1, -0.05) is 11.3 Å². The summed E-state index contributed by atoms with van der Waals surface area (Å²) in [6, 6.07) is 0. The van der Waals surface area contributed by atoms with Crippen LogP contribution in [-0.4, -0.2) is 27.5 Å². The van der Waals surface area contributed by atoms with Crippen molar-refractivity contribution in [2.75, 3.05) is 13.2 Å². The van der Waals surface area contributed by atoms with Crippen molar-refractivity contribution < 1.29 is 9.66 Å². The topological polar surface area (TPSA) is 95.7 Å². The molecule has 15 heavy (non-hydrogen) atoms. The van der Waals surface area contributed by atoms with Gasteiger partial charge in [-0.25, -0.2) is 0 Å². The molecule has 2 aromatic rings. The Hall–Kier alpha value is -1.67. The third-order valence-corrected chi connectivity index (χ3v) is 2.49. The molecule has 0 radical (unpaired) electrons. The molecule has 7 nitrogen and oxygen atoms in total. The molecule has 2 rings (SSSR count). The van der Waals surface area contributed by atoms with E-state index in [1.54, 1.807) is 11.6 Å². The Balaban J connectivity index is 2.47. The van der Waals surface area contributed by atoms with E-state index >= 15 is 0 Å². The second-order valence-electron chi connectivity index (χ2n) is 2.69. The van der Waals surface area contributed by atoms with Crippen LogP contribution < -0.4 is 10.5 Å². The SMILES string of the molecule is NCCOc1nc2sccn2c1[N+](=O)[O-]. The van der Waals surface area contributed by atoms with E-state index < -0.39 is 4.92 Å².